The van der Waals surface area contributed by atoms with E-state index in [1.54, 1.807) is 42.5 Å². The number of ketones is 2. The highest BCUT2D eigenvalue weighted by Crippen LogP contribution is 2.31. The van der Waals surface area contributed by atoms with Gasteiger partial charge in [0.2, 0.25) is 0 Å². The van der Waals surface area contributed by atoms with Gasteiger partial charge in [-0.3, -0.25) is 14.4 Å². The highest BCUT2D eigenvalue weighted by atomic mass is 16.2. The molecule has 1 saturated carbocycles. The molecular formula is C24H27N2O3+. The van der Waals surface area contributed by atoms with Crippen molar-refractivity contribution in [2.45, 2.75) is 51.0 Å². The van der Waals surface area contributed by atoms with Crippen LogP contribution in [0.15, 0.2) is 42.5 Å². The Kier molecular flexibility index (Phi) is 5.86. The molecule has 0 unspecified atom stereocenters. The third-order valence-electron chi connectivity index (χ3n) is 6.01. The molecule has 0 aromatic heterocycles. The number of nitrogens with one attached hydrogen (secondary N) is 1. The zero-order valence-electron chi connectivity index (χ0n) is 16.6. The van der Waals surface area contributed by atoms with Gasteiger partial charge in [0.05, 0.1) is 17.3 Å². The van der Waals surface area contributed by atoms with Gasteiger partial charge in [-0.1, -0.05) is 55.7 Å². The predicted octanol–water partition coefficient (Wildman–Crippen LogP) is 3.08. The first-order valence-electron chi connectivity index (χ1n) is 10.6. The summed E-state index contributed by atoms with van der Waals surface area (Å²) in [7, 11) is 0. The van der Waals surface area contributed by atoms with Crippen molar-refractivity contribution in [3.05, 3.63) is 64.7 Å². The molecule has 29 heavy (non-hydrogen) atoms. The van der Waals surface area contributed by atoms with Crippen LogP contribution in [0.25, 0.3) is 0 Å². The van der Waals surface area contributed by atoms with Crippen LogP contribution in [-0.2, 0) is 4.79 Å². The Morgan fingerprint density at radius 3 is 2.17 bits per heavy atom. The van der Waals surface area contributed by atoms with Gasteiger partial charge in [-0.2, -0.15) is 0 Å². The van der Waals surface area contributed by atoms with E-state index in [4.69, 9.17) is 0 Å². The van der Waals surface area contributed by atoms with Gasteiger partial charge in [0.15, 0.2) is 18.1 Å². The van der Waals surface area contributed by atoms with Gasteiger partial charge < -0.3 is 10.6 Å². The Morgan fingerprint density at radius 1 is 0.828 bits per heavy atom. The minimum Gasteiger partial charge on any atom is -0.336 e. The zero-order chi connectivity index (χ0) is 20.2. The Labute approximate surface area is 170 Å². The Balaban J connectivity index is 1.48. The molecule has 150 valence electrons. The summed E-state index contributed by atoms with van der Waals surface area (Å²) in [6.45, 7) is 0.326. The summed E-state index contributed by atoms with van der Waals surface area (Å²) < 4.78 is 0. The first-order valence-corrected chi connectivity index (χ1v) is 10.6. The smallest absolute Gasteiger partial charge is 0.279 e. The van der Waals surface area contributed by atoms with E-state index in [2.05, 4.69) is 10.6 Å². The van der Waals surface area contributed by atoms with Gasteiger partial charge in [-0.15, -0.1) is 0 Å². The van der Waals surface area contributed by atoms with Crippen LogP contribution in [0.5, 0.6) is 0 Å². The maximum absolute atomic E-state index is 13.0. The van der Waals surface area contributed by atoms with E-state index in [0.717, 1.165) is 12.8 Å². The van der Waals surface area contributed by atoms with Crippen molar-refractivity contribution < 1.29 is 19.7 Å². The fraction of sp³-hybridized carbons (Fsp3) is 0.375. The zero-order valence-corrected chi connectivity index (χ0v) is 16.6. The highest BCUT2D eigenvalue weighted by molar-refractivity contribution is 6.30. The number of anilines is 1. The molecule has 0 spiro atoms. The Bertz CT molecular complexity index is 943. The molecule has 0 bridgehead atoms. The summed E-state index contributed by atoms with van der Waals surface area (Å²) in [5.74, 6) is -0.526. The third kappa shape index (κ3) is 4.15. The molecule has 2 aliphatic rings. The van der Waals surface area contributed by atoms with E-state index in [1.165, 1.54) is 32.1 Å². The van der Waals surface area contributed by atoms with Crippen molar-refractivity contribution in [1.29, 1.82) is 0 Å². The number of carbonyl (C=O) groups is 3. The number of benzene rings is 2. The van der Waals surface area contributed by atoms with E-state index in [9.17, 15) is 14.4 Å². The normalized spacial score (nSPS) is 17.1. The fourth-order valence-electron chi connectivity index (χ4n) is 4.45. The van der Waals surface area contributed by atoms with E-state index in [-0.39, 0.29) is 17.5 Å². The molecular weight excluding hydrogens is 364 g/mol. The van der Waals surface area contributed by atoms with Gasteiger partial charge in [-0.05, 0) is 31.7 Å². The van der Waals surface area contributed by atoms with Crippen LogP contribution in [0.3, 0.4) is 0 Å². The lowest BCUT2D eigenvalue weighted by molar-refractivity contribution is -0.680. The summed E-state index contributed by atoms with van der Waals surface area (Å²) in [4.78, 5) is 38.4. The number of hydrogen-bond acceptors (Lipinski definition) is 3. The average molecular weight is 391 g/mol. The minimum atomic E-state index is -0.213. The van der Waals surface area contributed by atoms with Crippen molar-refractivity contribution in [3.63, 3.8) is 0 Å². The minimum absolute atomic E-state index is 0.139. The third-order valence-corrected chi connectivity index (χ3v) is 6.01. The predicted molar refractivity (Wildman–Crippen MR) is 111 cm³/mol. The molecule has 2 aromatic carbocycles. The molecule has 1 amide bonds. The maximum atomic E-state index is 13.0. The van der Waals surface area contributed by atoms with Gasteiger partial charge in [0.1, 0.15) is 0 Å². The number of hydrogen-bond donors (Lipinski definition) is 2. The highest BCUT2D eigenvalue weighted by Gasteiger charge is 2.31. The first kappa shape index (κ1) is 19.5. The quantitative estimate of drug-likeness (QED) is 0.717. The summed E-state index contributed by atoms with van der Waals surface area (Å²) in [6, 6.07) is 12.4. The monoisotopic (exact) mass is 391 g/mol. The molecule has 5 nitrogen and oxygen atoms in total. The molecule has 0 saturated heterocycles. The standard InChI is InChI=1S/C24H26N2O3/c27-21(15-25-16-9-4-2-1-3-5-10-16)26-20-14-8-13-19-22(20)24(29)18-12-7-6-11-17(18)23(19)28/h6-8,11-14,16,25H,1-5,9-10,15H2,(H,26,27)/p+1. The molecule has 0 aliphatic heterocycles. The Hall–Kier alpha value is -2.79. The molecule has 3 N–H and O–H groups in total. The number of nitrogens with two attached hydrogens (primary N) is 1. The van der Waals surface area contributed by atoms with E-state index >= 15 is 0 Å². The van der Waals surface area contributed by atoms with Crippen LogP contribution >= 0.6 is 0 Å². The van der Waals surface area contributed by atoms with Gasteiger partial charge in [0.25, 0.3) is 5.91 Å². The summed E-state index contributed by atoms with van der Waals surface area (Å²) in [5.41, 5.74) is 1.90. The van der Waals surface area contributed by atoms with Crippen molar-refractivity contribution >= 4 is 23.2 Å². The lowest BCUT2D eigenvalue weighted by atomic mass is 9.83. The first-order chi connectivity index (χ1) is 14.1. The second-order valence-corrected chi connectivity index (χ2v) is 8.03. The van der Waals surface area contributed by atoms with E-state index < -0.39 is 0 Å². The summed E-state index contributed by atoms with van der Waals surface area (Å²) in [5, 5.41) is 5.00. The molecule has 0 atom stereocenters. The molecule has 1 fully saturated rings. The molecule has 5 heteroatoms. The summed E-state index contributed by atoms with van der Waals surface area (Å²) >= 11 is 0. The van der Waals surface area contributed by atoms with Gasteiger partial charge in [0, 0.05) is 16.7 Å². The van der Waals surface area contributed by atoms with E-state index in [1.807, 2.05) is 0 Å². The molecule has 0 radical (unpaired) electrons. The second kappa shape index (κ2) is 8.70. The number of carbonyl (C=O) groups excluding carboxylic acids is 3. The number of quaternary nitrogens is 1. The SMILES string of the molecule is O=C(C[NH2+]C1CCCCCCC1)Nc1cccc2c1C(=O)c1ccccc1C2=O. The second-order valence-electron chi connectivity index (χ2n) is 8.03. The van der Waals surface area contributed by atoms with Crippen LogP contribution in [0.4, 0.5) is 5.69 Å². The summed E-state index contributed by atoms with van der Waals surface area (Å²) in [6.07, 6.45) is 8.64. The van der Waals surface area contributed by atoms with Crippen molar-refractivity contribution in [2.24, 2.45) is 0 Å². The molecule has 2 aromatic rings. The maximum Gasteiger partial charge on any atom is 0.279 e. The van der Waals surface area contributed by atoms with E-state index in [0.29, 0.717) is 40.5 Å². The molecule has 0 heterocycles. The number of rotatable bonds is 4. The largest absolute Gasteiger partial charge is 0.336 e. The van der Waals surface area contributed by atoms with Crippen LogP contribution in [0.2, 0.25) is 0 Å². The Morgan fingerprint density at radius 2 is 1.45 bits per heavy atom. The van der Waals surface area contributed by atoms with Crippen LogP contribution in [0.1, 0.15) is 76.8 Å². The van der Waals surface area contributed by atoms with Crippen molar-refractivity contribution in [2.75, 3.05) is 11.9 Å². The van der Waals surface area contributed by atoms with Crippen molar-refractivity contribution in [1.82, 2.24) is 0 Å². The number of fused-ring (bicyclic) bond motifs is 2. The van der Waals surface area contributed by atoms with Gasteiger partial charge >= 0.3 is 0 Å². The van der Waals surface area contributed by atoms with Crippen LogP contribution in [0, 0.1) is 0 Å². The van der Waals surface area contributed by atoms with Crippen molar-refractivity contribution in [3.8, 4) is 0 Å². The van der Waals surface area contributed by atoms with Crippen LogP contribution in [-0.4, -0.2) is 30.1 Å². The average Bonchev–Trinajstić information content (AvgIpc) is 2.71. The fourth-order valence-corrected chi connectivity index (χ4v) is 4.45. The van der Waals surface area contributed by atoms with Crippen LogP contribution < -0.4 is 10.6 Å². The topological polar surface area (TPSA) is 79.8 Å². The molecule has 4 rings (SSSR count). The van der Waals surface area contributed by atoms with Gasteiger partial charge in [-0.25, -0.2) is 0 Å². The lowest BCUT2D eigenvalue weighted by Gasteiger charge is -2.21. The lowest BCUT2D eigenvalue weighted by Crippen LogP contribution is -2.91. The number of amides is 1. The molecule has 2 aliphatic carbocycles.